The molecule has 0 bridgehead atoms. The third-order valence-corrected chi connectivity index (χ3v) is 2.74. The Morgan fingerprint density at radius 2 is 1.93 bits per heavy atom. The molecule has 0 saturated heterocycles. The molecule has 0 amide bonds. The molecule has 2 nitrogen and oxygen atoms in total. The number of hydrogen-bond acceptors (Lipinski definition) is 1. The van der Waals surface area contributed by atoms with Crippen LogP contribution in [0.4, 0.5) is 0 Å². The third kappa shape index (κ3) is 2.60. The van der Waals surface area contributed by atoms with Gasteiger partial charge >= 0.3 is 0 Å². The third-order valence-electron chi connectivity index (χ3n) is 2.37. The van der Waals surface area contributed by atoms with Gasteiger partial charge in [-0.25, -0.2) is 4.98 Å². The molecule has 1 heterocycles. The molecule has 2 aromatic rings. The number of nitrogens with zero attached hydrogens (tertiary/aromatic N) is 1. The first kappa shape index (κ1) is 10.2. The normalized spacial score (nSPS) is 10.5. The maximum Gasteiger partial charge on any atom is 0.150 e. The fourth-order valence-corrected chi connectivity index (χ4v) is 1.67. The lowest BCUT2D eigenvalue weighted by molar-refractivity contribution is 0.881. The maximum atomic E-state index is 5.87. The summed E-state index contributed by atoms with van der Waals surface area (Å²) >= 11 is 5.87. The predicted molar refractivity (Wildman–Crippen MR) is 62.2 cm³/mol. The molecule has 0 fully saturated rings. The van der Waals surface area contributed by atoms with E-state index in [9.17, 15) is 0 Å². The molecule has 0 aliphatic heterocycles. The van der Waals surface area contributed by atoms with Gasteiger partial charge in [-0.2, -0.15) is 0 Å². The Bertz CT molecular complexity index is 415. The van der Waals surface area contributed by atoms with Gasteiger partial charge in [-0.1, -0.05) is 41.9 Å². The van der Waals surface area contributed by atoms with Gasteiger partial charge in [0.15, 0.2) is 0 Å². The Kier molecular flexibility index (Phi) is 3.07. The van der Waals surface area contributed by atoms with Crippen LogP contribution in [0.25, 0.3) is 0 Å². The maximum absolute atomic E-state index is 5.87. The van der Waals surface area contributed by atoms with E-state index in [2.05, 4.69) is 34.2 Å². The molecule has 0 aliphatic carbocycles. The minimum atomic E-state index is 0.582. The minimum Gasteiger partial charge on any atom is -0.345 e. The van der Waals surface area contributed by atoms with E-state index in [-0.39, 0.29) is 0 Å². The van der Waals surface area contributed by atoms with Crippen LogP contribution in [-0.4, -0.2) is 9.97 Å². The second-order valence-electron chi connectivity index (χ2n) is 3.58. The number of aromatic nitrogens is 2. The lowest BCUT2D eigenvalue weighted by atomic mass is 10.1. The molecule has 0 spiro atoms. The molecule has 0 atom stereocenters. The van der Waals surface area contributed by atoms with Gasteiger partial charge in [0, 0.05) is 6.42 Å². The highest BCUT2D eigenvalue weighted by Gasteiger charge is 2.03. The summed E-state index contributed by atoms with van der Waals surface area (Å²) in [6.45, 7) is 1.93. The van der Waals surface area contributed by atoms with Crippen molar-refractivity contribution in [1.82, 2.24) is 9.97 Å². The summed E-state index contributed by atoms with van der Waals surface area (Å²) in [4.78, 5) is 7.41. The number of aromatic amines is 1. The highest BCUT2D eigenvalue weighted by atomic mass is 35.5. The summed E-state index contributed by atoms with van der Waals surface area (Å²) in [5, 5.41) is 0.582. The van der Waals surface area contributed by atoms with Crippen LogP contribution >= 0.6 is 11.6 Å². The van der Waals surface area contributed by atoms with E-state index in [0.717, 1.165) is 24.4 Å². The lowest BCUT2D eigenvalue weighted by Crippen LogP contribution is -1.93. The topological polar surface area (TPSA) is 28.7 Å². The Morgan fingerprint density at radius 1 is 1.20 bits per heavy atom. The van der Waals surface area contributed by atoms with Crippen LogP contribution < -0.4 is 0 Å². The Balaban J connectivity index is 1.99. The number of rotatable bonds is 3. The van der Waals surface area contributed by atoms with Crippen LogP contribution in [0.5, 0.6) is 0 Å². The molecule has 0 aliphatic rings. The summed E-state index contributed by atoms with van der Waals surface area (Å²) in [6.07, 6.45) is 1.89. The van der Waals surface area contributed by atoms with E-state index < -0.39 is 0 Å². The highest BCUT2D eigenvalue weighted by Crippen LogP contribution is 2.12. The van der Waals surface area contributed by atoms with E-state index in [1.807, 2.05) is 13.0 Å². The number of H-pyrrole nitrogens is 1. The van der Waals surface area contributed by atoms with Crippen molar-refractivity contribution in [2.24, 2.45) is 0 Å². The first-order chi connectivity index (χ1) is 7.25. The summed E-state index contributed by atoms with van der Waals surface area (Å²) < 4.78 is 0. The van der Waals surface area contributed by atoms with Crippen LogP contribution in [0.1, 0.15) is 17.1 Å². The smallest absolute Gasteiger partial charge is 0.150 e. The Hall–Kier alpha value is -1.28. The second-order valence-corrected chi connectivity index (χ2v) is 3.94. The van der Waals surface area contributed by atoms with E-state index in [0.29, 0.717) is 5.15 Å². The monoisotopic (exact) mass is 220 g/mol. The van der Waals surface area contributed by atoms with Gasteiger partial charge < -0.3 is 4.98 Å². The second kappa shape index (κ2) is 4.49. The number of hydrogen-bond donors (Lipinski definition) is 1. The van der Waals surface area contributed by atoms with Gasteiger partial charge in [0.25, 0.3) is 0 Å². The fourth-order valence-electron chi connectivity index (χ4n) is 1.52. The molecule has 1 aromatic carbocycles. The zero-order chi connectivity index (χ0) is 10.7. The number of nitrogens with one attached hydrogen (secondary N) is 1. The zero-order valence-corrected chi connectivity index (χ0v) is 9.38. The summed E-state index contributed by atoms with van der Waals surface area (Å²) in [5.41, 5.74) is 2.27. The number of benzene rings is 1. The van der Waals surface area contributed by atoms with Crippen molar-refractivity contribution in [3.8, 4) is 0 Å². The molecule has 1 aromatic heterocycles. The first-order valence-corrected chi connectivity index (χ1v) is 5.38. The van der Waals surface area contributed by atoms with Crippen LogP contribution in [0, 0.1) is 6.92 Å². The molecule has 3 heteroatoms. The van der Waals surface area contributed by atoms with E-state index in [4.69, 9.17) is 11.6 Å². The minimum absolute atomic E-state index is 0.582. The van der Waals surface area contributed by atoms with Crippen LogP contribution in [0.3, 0.4) is 0 Å². The van der Waals surface area contributed by atoms with Crippen LogP contribution in [0.2, 0.25) is 5.15 Å². The molecular formula is C12H13ClN2. The van der Waals surface area contributed by atoms with Gasteiger partial charge in [-0.05, 0) is 18.9 Å². The zero-order valence-electron chi connectivity index (χ0n) is 8.63. The standard InChI is InChI=1S/C12H13ClN2/c1-9-12(13)15-11(14-9)8-7-10-5-3-2-4-6-10/h2-6H,7-8H2,1H3,(H,14,15). The van der Waals surface area contributed by atoms with E-state index in [1.165, 1.54) is 5.56 Å². The van der Waals surface area contributed by atoms with Gasteiger partial charge in [0.05, 0.1) is 5.69 Å². The van der Waals surface area contributed by atoms with E-state index in [1.54, 1.807) is 0 Å². The average molecular weight is 221 g/mol. The van der Waals surface area contributed by atoms with Crippen molar-refractivity contribution in [3.05, 3.63) is 52.6 Å². The lowest BCUT2D eigenvalue weighted by Gasteiger charge is -1.97. The molecular weight excluding hydrogens is 208 g/mol. The van der Waals surface area contributed by atoms with Crippen molar-refractivity contribution < 1.29 is 0 Å². The highest BCUT2D eigenvalue weighted by molar-refractivity contribution is 6.30. The van der Waals surface area contributed by atoms with Crippen molar-refractivity contribution in [2.75, 3.05) is 0 Å². The molecule has 0 radical (unpaired) electrons. The largest absolute Gasteiger partial charge is 0.345 e. The van der Waals surface area contributed by atoms with Crippen molar-refractivity contribution in [1.29, 1.82) is 0 Å². The van der Waals surface area contributed by atoms with Gasteiger partial charge in [-0.3, -0.25) is 0 Å². The molecule has 1 N–H and O–H groups in total. The van der Waals surface area contributed by atoms with Crippen molar-refractivity contribution in [3.63, 3.8) is 0 Å². The SMILES string of the molecule is Cc1[nH]c(CCc2ccccc2)nc1Cl. The van der Waals surface area contributed by atoms with Crippen molar-refractivity contribution >= 4 is 11.6 Å². The molecule has 2 rings (SSSR count). The number of aryl methyl sites for hydroxylation is 3. The molecule has 15 heavy (non-hydrogen) atoms. The molecule has 0 saturated carbocycles. The Labute approximate surface area is 94.3 Å². The summed E-state index contributed by atoms with van der Waals surface area (Å²) in [7, 11) is 0. The fraction of sp³-hybridized carbons (Fsp3) is 0.250. The van der Waals surface area contributed by atoms with Crippen molar-refractivity contribution in [2.45, 2.75) is 19.8 Å². The van der Waals surface area contributed by atoms with Crippen LogP contribution in [0.15, 0.2) is 30.3 Å². The quantitative estimate of drug-likeness (QED) is 0.846. The predicted octanol–water partition coefficient (Wildman–Crippen LogP) is 3.16. The molecule has 78 valence electrons. The first-order valence-electron chi connectivity index (χ1n) is 5.00. The van der Waals surface area contributed by atoms with Gasteiger partial charge in [0.1, 0.15) is 11.0 Å². The van der Waals surface area contributed by atoms with Gasteiger partial charge in [0.2, 0.25) is 0 Å². The summed E-state index contributed by atoms with van der Waals surface area (Å²) in [6, 6.07) is 10.4. The van der Waals surface area contributed by atoms with Gasteiger partial charge in [-0.15, -0.1) is 0 Å². The number of imidazole rings is 1. The summed E-state index contributed by atoms with van der Waals surface area (Å²) in [5.74, 6) is 0.960. The number of halogens is 1. The average Bonchev–Trinajstić information content (AvgIpc) is 2.57. The van der Waals surface area contributed by atoms with Crippen LogP contribution in [-0.2, 0) is 12.8 Å². The Morgan fingerprint density at radius 3 is 2.53 bits per heavy atom. The molecule has 0 unspecified atom stereocenters. The van der Waals surface area contributed by atoms with E-state index >= 15 is 0 Å².